The van der Waals surface area contributed by atoms with E-state index in [0.29, 0.717) is 3.57 Å². The summed E-state index contributed by atoms with van der Waals surface area (Å²) >= 11 is 7.28. The van der Waals surface area contributed by atoms with Gasteiger partial charge in [-0.2, -0.15) is 0 Å². The van der Waals surface area contributed by atoms with Crippen LogP contribution in [-0.4, -0.2) is 16.8 Å². The molecule has 0 aromatic heterocycles. The lowest BCUT2D eigenvalue weighted by molar-refractivity contribution is 0.470. The van der Waals surface area contributed by atoms with Crippen molar-refractivity contribution in [1.82, 2.24) is 0 Å². The summed E-state index contributed by atoms with van der Waals surface area (Å²) in [7, 11) is 0. The average Bonchev–Trinajstić information content (AvgIpc) is 2.10. The van der Waals surface area contributed by atoms with Crippen LogP contribution in [0.1, 0.15) is 0 Å². The lowest BCUT2D eigenvalue weighted by atomic mass is 10.3. The molecule has 14 heavy (non-hydrogen) atoms. The van der Waals surface area contributed by atoms with Gasteiger partial charge in [-0.25, -0.2) is 9.38 Å². The van der Waals surface area contributed by atoms with Gasteiger partial charge >= 0.3 is 0 Å². The van der Waals surface area contributed by atoms with E-state index < -0.39 is 5.82 Å². The smallest absolute Gasteiger partial charge is 0.145 e. The standard InChI is InChI=1S/C8H7ClFIN2O/c9-3-7(12)13-8-5(11)1-4(10)2-6(8)14/h1-2,14H,3H2,(H2,12,13). The highest BCUT2D eigenvalue weighted by molar-refractivity contribution is 14.1. The molecule has 0 amide bonds. The molecule has 0 saturated heterocycles. The van der Waals surface area contributed by atoms with Crippen molar-refractivity contribution < 1.29 is 9.50 Å². The number of amidine groups is 1. The van der Waals surface area contributed by atoms with Crippen LogP contribution in [0, 0.1) is 9.39 Å². The van der Waals surface area contributed by atoms with Crippen molar-refractivity contribution in [1.29, 1.82) is 0 Å². The van der Waals surface area contributed by atoms with Gasteiger partial charge in [-0.3, -0.25) is 0 Å². The van der Waals surface area contributed by atoms with Gasteiger partial charge in [0, 0.05) is 9.64 Å². The Morgan fingerprint density at radius 1 is 1.64 bits per heavy atom. The van der Waals surface area contributed by atoms with Gasteiger partial charge in [0.15, 0.2) is 0 Å². The lowest BCUT2D eigenvalue weighted by Crippen LogP contribution is -2.12. The predicted molar refractivity (Wildman–Crippen MR) is 62.8 cm³/mol. The number of hydrogen-bond acceptors (Lipinski definition) is 2. The number of rotatable bonds is 2. The van der Waals surface area contributed by atoms with Gasteiger partial charge in [0.2, 0.25) is 0 Å². The molecule has 1 rings (SSSR count). The second-order valence-electron chi connectivity index (χ2n) is 2.49. The average molecular weight is 329 g/mol. The maximum absolute atomic E-state index is 12.8. The van der Waals surface area contributed by atoms with Crippen molar-refractivity contribution >= 4 is 45.7 Å². The highest BCUT2D eigenvalue weighted by atomic mass is 127. The number of nitrogens with two attached hydrogens (primary N) is 1. The number of aliphatic imine (C=N–C) groups is 1. The Kier molecular flexibility index (Phi) is 3.94. The van der Waals surface area contributed by atoms with Crippen LogP contribution in [0.4, 0.5) is 10.1 Å². The maximum atomic E-state index is 12.8. The van der Waals surface area contributed by atoms with Crippen molar-refractivity contribution in [3.63, 3.8) is 0 Å². The van der Waals surface area contributed by atoms with E-state index in [9.17, 15) is 9.50 Å². The number of phenolic OH excluding ortho intramolecular Hbond substituents is 1. The van der Waals surface area contributed by atoms with Gasteiger partial charge in [-0.05, 0) is 28.7 Å². The molecule has 3 nitrogen and oxygen atoms in total. The quantitative estimate of drug-likeness (QED) is 0.379. The molecular weight excluding hydrogens is 321 g/mol. The molecule has 3 N–H and O–H groups in total. The van der Waals surface area contributed by atoms with Crippen molar-refractivity contribution in [3.05, 3.63) is 21.5 Å². The van der Waals surface area contributed by atoms with E-state index in [1.807, 2.05) is 22.6 Å². The fraction of sp³-hybridized carbons (Fsp3) is 0.125. The predicted octanol–water partition coefficient (Wildman–Crippen LogP) is 2.36. The molecule has 76 valence electrons. The minimum Gasteiger partial charge on any atom is -0.506 e. The number of halogens is 3. The van der Waals surface area contributed by atoms with E-state index in [1.54, 1.807) is 0 Å². The topological polar surface area (TPSA) is 58.6 Å². The third kappa shape index (κ3) is 2.71. The van der Waals surface area contributed by atoms with Gasteiger partial charge < -0.3 is 10.8 Å². The maximum Gasteiger partial charge on any atom is 0.145 e. The summed E-state index contributed by atoms with van der Waals surface area (Å²) in [4.78, 5) is 3.86. The second-order valence-corrected chi connectivity index (χ2v) is 3.92. The molecule has 0 spiro atoms. The molecule has 0 atom stereocenters. The zero-order chi connectivity index (χ0) is 10.7. The van der Waals surface area contributed by atoms with E-state index in [0.717, 1.165) is 6.07 Å². The molecule has 0 aliphatic rings. The van der Waals surface area contributed by atoms with E-state index in [-0.39, 0.29) is 23.2 Å². The molecule has 0 heterocycles. The van der Waals surface area contributed by atoms with Crippen LogP contribution < -0.4 is 5.73 Å². The molecule has 0 unspecified atom stereocenters. The molecule has 0 aliphatic carbocycles. The van der Waals surface area contributed by atoms with Crippen molar-refractivity contribution in [2.24, 2.45) is 10.7 Å². The molecule has 1 aromatic carbocycles. The van der Waals surface area contributed by atoms with Crippen molar-refractivity contribution in [3.8, 4) is 5.75 Å². The second kappa shape index (κ2) is 4.79. The van der Waals surface area contributed by atoms with Crippen LogP contribution in [-0.2, 0) is 0 Å². The van der Waals surface area contributed by atoms with E-state index in [2.05, 4.69) is 4.99 Å². The largest absolute Gasteiger partial charge is 0.506 e. The van der Waals surface area contributed by atoms with Gasteiger partial charge in [0.1, 0.15) is 23.1 Å². The summed E-state index contributed by atoms with van der Waals surface area (Å²) in [5.41, 5.74) is 5.63. The normalized spacial score (nSPS) is 11.8. The summed E-state index contributed by atoms with van der Waals surface area (Å²) in [6, 6.07) is 2.23. The van der Waals surface area contributed by atoms with Crippen LogP contribution in [0.15, 0.2) is 17.1 Å². The Morgan fingerprint density at radius 3 is 2.79 bits per heavy atom. The number of phenols is 1. The molecule has 0 aliphatic heterocycles. The zero-order valence-electron chi connectivity index (χ0n) is 6.97. The third-order valence-electron chi connectivity index (χ3n) is 1.40. The summed E-state index contributed by atoms with van der Waals surface area (Å²) in [5, 5.41) is 9.37. The number of benzene rings is 1. The van der Waals surface area contributed by atoms with Crippen LogP contribution in [0.2, 0.25) is 0 Å². The minimum absolute atomic E-state index is 0.0624. The Bertz CT molecular complexity index is 361. The van der Waals surface area contributed by atoms with E-state index in [4.69, 9.17) is 17.3 Å². The van der Waals surface area contributed by atoms with Gasteiger partial charge in [-0.1, -0.05) is 0 Å². The first kappa shape index (κ1) is 11.5. The SMILES string of the molecule is NC(CCl)=Nc1c(O)cc(F)cc1I. The van der Waals surface area contributed by atoms with Crippen LogP contribution in [0.3, 0.4) is 0 Å². The van der Waals surface area contributed by atoms with Crippen LogP contribution >= 0.6 is 34.2 Å². The Balaban J connectivity index is 3.21. The van der Waals surface area contributed by atoms with Gasteiger partial charge in [0.05, 0.1) is 5.88 Å². The highest BCUT2D eigenvalue weighted by Crippen LogP contribution is 2.32. The molecule has 0 saturated carbocycles. The first-order valence-electron chi connectivity index (χ1n) is 3.61. The fourth-order valence-electron chi connectivity index (χ4n) is 0.837. The van der Waals surface area contributed by atoms with Gasteiger partial charge in [0.25, 0.3) is 0 Å². The number of hydrogen-bond donors (Lipinski definition) is 2. The Morgan fingerprint density at radius 2 is 2.29 bits per heavy atom. The van der Waals surface area contributed by atoms with Crippen molar-refractivity contribution in [2.75, 3.05) is 5.88 Å². The monoisotopic (exact) mass is 328 g/mol. The number of aromatic hydroxyl groups is 1. The highest BCUT2D eigenvalue weighted by Gasteiger charge is 2.08. The lowest BCUT2D eigenvalue weighted by Gasteiger charge is -2.03. The zero-order valence-corrected chi connectivity index (χ0v) is 9.88. The van der Waals surface area contributed by atoms with Crippen LogP contribution in [0.25, 0.3) is 0 Å². The number of nitrogens with zero attached hydrogens (tertiary/aromatic N) is 1. The van der Waals surface area contributed by atoms with E-state index >= 15 is 0 Å². The molecular formula is C8H7ClFIN2O. The van der Waals surface area contributed by atoms with Gasteiger partial charge in [-0.15, -0.1) is 11.6 Å². The molecule has 0 bridgehead atoms. The molecule has 0 fully saturated rings. The molecule has 0 radical (unpaired) electrons. The Labute approximate surface area is 98.9 Å². The summed E-state index contributed by atoms with van der Waals surface area (Å²) in [6.07, 6.45) is 0. The van der Waals surface area contributed by atoms with Crippen LogP contribution in [0.5, 0.6) is 5.75 Å². The van der Waals surface area contributed by atoms with E-state index in [1.165, 1.54) is 6.07 Å². The fourth-order valence-corrected chi connectivity index (χ4v) is 1.59. The number of alkyl halides is 1. The minimum atomic E-state index is -0.518. The van der Waals surface area contributed by atoms with Crippen molar-refractivity contribution in [2.45, 2.75) is 0 Å². The molecule has 6 heteroatoms. The summed E-state index contributed by atoms with van der Waals surface area (Å²) in [5.74, 6) is -0.531. The Hall–Kier alpha value is -0.560. The summed E-state index contributed by atoms with van der Waals surface area (Å²) in [6.45, 7) is 0. The summed E-state index contributed by atoms with van der Waals surface area (Å²) < 4.78 is 13.2. The first-order chi connectivity index (χ1) is 6.54. The molecule has 1 aromatic rings. The first-order valence-corrected chi connectivity index (χ1v) is 5.23. The third-order valence-corrected chi connectivity index (χ3v) is 2.50.